The van der Waals surface area contributed by atoms with E-state index < -0.39 is 0 Å². The van der Waals surface area contributed by atoms with Crippen LogP contribution in [0.3, 0.4) is 0 Å². The van der Waals surface area contributed by atoms with E-state index in [4.69, 9.17) is 5.73 Å². The fourth-order valence-corrected chi connectivity index (χ4v) is 2.44. The van der Waals surface area contributed by atoms with Crippen LogP contribution in [-0.4, -0.2) is 35.4 Å². The highest BCUT2D eigenvalue weighted by Crippen LogP contribution is 2.19. The molecule has 1 fully saturated rings. The van der Waals surface area contributed by atoms with Crippen molar-refractivity contribution in [3.05, 3.63) is 23.9 Å². The summed E-state index contributed by atoms with van der Waals surface area (Å²) < 4.78 is 0. The van der Waals surface area contributed by atoms with E-state index in [1.807, 2.05) is 12.1 Å². The van der Waals surface area contributed by atoms with Crippen LogP contribution in [0.15, 0.2) is 18.2 Å². The summed E-state index contributed by atoms with van der Waals surface area (Å²) in [6.45, 7) is 1.62. The molecule has 0 spiro atoms. The van der Waals surface area contributed by atoms with Crippen LogP contribution in [0.25, 0.3) is 0 Å². The lowest BCUT2D eigenvalue weighted by atomic mass is 10.0. The first-order chi connectivity index (χ1) is 8.70. The monoisotopic (exact) mass is 248 g/mol. The standard InChI is InChI=1S/C13H20N4O/c1-15-13(18)11-6-2-3-8-17(11)9-10-5-4-7-12(14)16-10/h4-5,7,11H,2-3,6,8-9H2,1H3,(H2,14,16)(H,15,18). The third-order valence-corrected chi connectivity index (χ3v) is 3.36. The quantitative estimate of drug-likeness (QED) is 0.828. The van der Waals surface area contributed by atoms with Gasteiger partial charge in [0.15, 0.2) is 0 Å². The molecule has 1 saturated heterocycles. The minimum absolute atomic E-state index is 0.0352. The number of amides is 1. The zero-order valence-electron chi connectivity index (χ0n) is 10.7. The number of anilines is 1. The number of likely N-dealkylation sites (N-methyl/N-ethyl adjacent to an activating group) is 1. The topological polar surface area (TPSA) is 71.2 Å². The van der Waals surface area contributed by atoms with Crippen molar-refractivity contribution in [1.29, 1.82) is 0 Å². The Kier molecular flexibility index (Phi) is 4.15. The number of nitrogen functional groups attached to an aromatic ring is 1. The summed E-state index contributed by atoms with van der Waals surface area (Å²) >= 11 is 0. The Hall–Kier alpha value is -1.62. The fraction of sp³-hybridized carbons (Fsp3) is 0.538. The summed E-state index contributed by atoms with van der Waals surface area (Å²) in [6, 6.07) is 5.59. The van der Waals surface area contributed by atoms with Gasteiger partial charge in [-0.05, 0) is 31.5 Å². The molecule has 2 heterocycles. The minimum Gasteiger partial charge on any atom is -0.384 e. The van der Waals surface area contributed by atoms with Crippen LogP contribution in [0.2, 0.25) is 0 Å². The van der Waals surface area contributed by atoms with Crippen molar-refractivity contribution in [2.45, 2.75) is 31.8 Å². The summed E-state index contributed by atoms with van der Waals surface area (Å²) in [5.41, 5.74) is 6.60. The summed E-state index contributed by atoms with van der Waals surface area (Å²) in [4.78, 5) is 18.3. The molecule has 0 aliphatic carbocycles. The third-order valence-electron chi connectivity index (χ3n) is 3.36. The van der Waals surface area contributed by atoms with E-state index in [1.165, 1.54) is 0 Å². The van der Waals surface area contributed by atoms with Gasteiger partial charge in [0.05, 0.1) is 11.7 Å². The van der Waals surface area contributed by atoms with Crippen molar-refractivity contribution in [1.82, 2.24) is 15.2 Å². The Morgan fingerprint density at radius 2 is 2.39 bits per heavy atom. The van der Waals surface area contributed by atoms with E-state index in [1.54, 1.807) is 13.1 Å². The maximum absolute atomic E-state index is 11.8. The molecule has 0 bridgehead atoms. The zero-order valence-corrected chi connectivity index (χ0v) is 10.7. The van der Waals surface area contributed by atoms with E-state index in [9.17, 15) is 4.79 Å². The number of rotatable bonds is 3. The highest BCUT2D eigenvalue weighted by molar-refractivity contribution is 5.81. The predicted molar refractivity (Wildman–Crippen MR) is 70.8 cm³/mol. The van der Waals surface area contributed by atoms with Gasteiger partial charge < -0.3 is 11.1 Å². The van der Waals surface area contributed by atoms with E-state index in [2.05, 4.69) is 15.2 Å². The van der Waals surface area contributed by atoms with E-state index in [0.717, 1.165) is 31.5 Å². The summed E-state index contributed by atoms with van der Waals surface area (Å²) in [5, 5.41) is 2.74. The second-order valence-electron chi connectivity index (χ2n) is 4.65. The molecule has 3 N–H and O–H groups in total. The van der Waals surface area contributed by atoms with Gasteiger partial charge in [0.1, 0.15) is 5.82 Å². The molecule has 1 aliphatic heterocycles. The average molecular weight is 248 g/mol. The van der Waals surface area contributed by atoms with Gasteiger partial charge in [-0.2, -0.15) is 0 Å². The number of hydrogen-bond donors (Lipinski definition) is 2. The van der Waals surface area contributed by atoms with Crippen molar-refractivity contribution < 1.29 is 4.79 Å². The number of hydrogen-bond acceptors (Lipinski definition) is 4. The van der Waals surface area contributed by atoms with E-state index >= 15 is 0 Å². The molecule has 0 aromatic carbocycles. The molecule has 5 heteroatoms. The average Bonchev–Trinajstić information content (AvgIpc) is 2.38. The van der Waals surface area contributed by atoms with Crippen molar-refractivity contribution in [3.63, 3.8) is 0 Å². The van der Waals surface area contributed by atoms with Gasteiger partial charge in [0.2, 0.25) is 5.91 Å². The largest absolute Gasteiger partial charge is 0.384 e. The number of piperidine rings is 1. The van der Waals surface area contributed by atoms with Crippen molar-refractivity contribution in [2.75, 3.05) is 19.3 Å². The Morgan fingerprint density at radius 3 is 3.11 bits per heavy atom. The molecule has 5 nitrogen and oxygen atoms in total. The molecular formula is C13H20N4O. The second-order valence-corrected chi connectivity index (χ2v) is 4.65. The smallest absolute Gasteiger partial charge is 0.237 e. The lowest BCUT2D eigenvalue weighted by molar-refractivity contribution is -0.127. The lowest BCUT2D eigenvalue weighted by Gasteiger charge is -2.34. The highest BCUT2D eigenvalue weighted by Gasteiger charge is 2.27. The minimum atomic E-state index is -0.0352. The first-order valence-corrected chi connectivity index (χ1v) is 6.38. The van der Waals surface area contributed by atoms with Crippen LogP contribution in [0, 0.1) is 0 Å². The van der Waals surface area contributed by atoms with Gasteiger partial charge in [0.25, 0.3) is 0 Å². The molecule has 0 saturated carbocycles. The van der Waals surface area contributed by atoms with Crippen LogP contribution in [0.4, 0.5) is 5.82 Å². The first kappa shape index (κ1) is 12.8. The summed E-state index contributed by atoms with van der Waals surface area (Å²) in [7, 11) is 1.69. The van der Waals surface area contributed by atoms with Crippen molar-refractivity contribution in [3.8, 4) is 0 Å². The molecule has 18 heavy (non-hydrogen) atoms. The van der Waals surface area contributed by atoms with Crippen molar-refractivity contribution in [2.24, 2.45) is 0 Å². The van der Waals surface area contributed by atoms with E-state index in [-0.39, 0.29) is 11.9 Å². The first-order valence-electron chi connectivity index (χ1n) is 6.38. The number of pyridine rings is 1. The van der Waals surface area contributed by atoms with Gasteiger partial charge in [0, 0.05) is 13.6 Å². The molecule has 1 amide bonds. The molecule has 1 atom stereocenters. The Balaban J connectivity index is 2.07. The van der Waals surface area contributed by atoms with Crippen LogP contribution >= 0.6 is 0 Å². The van der Waals surface area contributed by atoms with Crippen molar-refractivity contribution >= 4 is 11.7 Å². The number of nitrogens with one attached hydrogen (secondary N) is 1. The van der Waals surface area contributed by atoms with Crippen LogP contribution in [-0.2, 0) is 11.3 Å². The van der Waals surface area contributed by atoms with Gasteiger partial charge in [-0.25, -0.2) is 4.98 Å². The van der Waals surface area contributed by atoms with Gasteiger partial charge in [-0.1, -0.05) is 12.5 Å². The number of nitrogens with zero attached hydrogens (tertiary/aromatic N) is 2. The maximum atomic E-state index is 11.8. The lowest BCUT2D eigenvalue weighted by Crippen LogP contribution is -2.48. The Bertz CT molecular complexity index is 421. The molecule has 98 valence electrons. The molecule has 2 rings (SSSR count). The number of carbonyl (C=O) groups excluding carboxylic acids is 1. The Morgan fingerprint density at radius 1 is 1.56 bits per heavy atom. The SMILES string of the molecule is CNC(=O)C1CCCCN1Cc1cccc(N)n1. The van der Waals surface area contributed by atoms with Crippen LogP contribution < -0.4 is 11.1 Å². The predicted octanol–water partition coefficient (Wildman–Crippen LogP) is 0.764. The van der Waals surface area contributed by atoms with Crippen LogP contribution in [0.5, 0.6) is 0 Å². The normalized spacial score (nSPS) is 20.6. The third kappa shape index (κ3) is 2.98. The number of carbonyl (C=O) groups is 1. The van der Waals surface area contributed by atoms with E-state index in [0.29, 0.717) is 12.4 Å². The maximum Gasteiger partial charge on any atom is 0.237 e. The van der Waals surface area contributed by atoms with Gasteiger partial charge >= 0.3 is 0 Å². The van der Waals surface area contributed by atoms with Gasteiger partial charge in [-0.3, -0.25) is 9.69 Å². The zero-order chi connectivity index (χ0) is 13.0. The Labute approximate surface area is 107 Å². The summed E-state index contributed by atoms with van der Waals surface area (Å²) in [5.74, 6) is 0.625. The number of nitrogens with two attached hydrogens (primary N) is 1. The molecule has 1 aliphatic rings. The second kappa shape index (κ2) is 5.82. The number of likely N-dealkylation sites (tertiary alicyclic amines) is 1. The molecule has 0 radical (unpaired) electrons. The molecule has 1 aromatic rings. The van der Waals surface area contributed by atoms with Crippen LogP contribution in [0.1, 0.15) is 25.0 Å². The highest BCUT2D eigenvalue weighted by atomic mass is 16.2. The summed E-state index contributed by atoms with van der Waals surface area (Å²) in [6.07, 6.45) is 3.16. The fourth-order valence-electron chi connectivity index (χ4n) is 2.44. The molecule has 1 unspecified atom stereocenters. The number of aromatic nitrogens is 1. The van der Waals surface area contributed by atoms with Gasteiger partial charge in [-0.15, -0.1) is 0 Å². The molecule has 1 aromatic heterocycles. The molecular weight excluding hydrogens is 228 g/mol.